The van der Waals surface area contributed by atoms with E-state index in [9.17, 15) is 10.4 Å². The molecule has 2 aliphatic rings. The molecule has 4 aromatic heterocycles. The number of anilines is 2. The van der Waals surface area contributed by atoms with E-state index in [4.69, 9.17) is 4.98 Å². The third-order valence-corrected chi connectivity index (χ3v) is 8.57. The molecule has 184 valence electrons. The summed E-state index contributed by atoms with van der Waals surface area (Å²) in [6, 6.07) is 10.1. The van der Waals surface area contributed by atoms with Crippen LogP contribution in [0.3, 0.4) is 0 Å². The van der Waals surface area contributed by atoms with Gasteiger partial charge in [0.1, 0.15) is 6.07 Å². The van der Waals surface area contributed by atoms with E-state index >= 15 is 0 Å². The molecule has 0 amide bonds. The Hall–Kier alpha value is -3.55. The van der Waals surface area contributed by atoms with E-state index in [1.54, 1.807) is 22.0 Å². The van der Waals surface area contributed by atoms with Gasteiger partial charge < -0.3 is 15.3 Å². The van der Waals surface area contributed by atoms with Crippen molar-refractivity contribution in [3.05, 3.63) is 42.2 Å². The number of nitrogens with one attached hydrogen (secondary N) is 1. The van der Waals surface area contributed by atoms with Crippen LogP contribution in [0.25, 0.3) is 27.5 Å². The fraction of sp³-hybridized carbons (Fsp3) is 0.423. The summed E-state index contributed by atoms with van der Waals surface area (Å²) < 4.78 is 1.80. The molecular weight excluding hydrogens is 472 g/mol. The highest BCUT2D eigenvalue weighted by atomic mass is 32.1. The second-order valence-electron chi connectivity index (χ2n) is 10.3. The number of fused-ring (bicyclic) bond motifs is 3. The van der Waals surface area contributed by atoms with Gasteiger partial charge in [0, 0.05) is 42.9 Å². The molecule has 1 aliphatic carbocycles. The first-order valence-electron chi connectivity index (χ1n) is 12.3. The van der Waals surface area contributed by atoms with Gasteiger partial charge in [-0.2, -0.15) is 10.4 Å². The molecule has 0 spiro atoms. The molecule has 1 saturated carbocycles. The Balaban J connectivity index is 1.33. The summed E-state index contributed by atoms with van der Waals surface area (Å²) in [4.78, 5) is 7.04. The van der Waals surface area contributed by atoms with Gasteiger partial charge in [-0.25, -0.2) is 4.52 Å². The van der Waals surface area contributed by atoms with Gasteiger partial charge >= 0.3 is 0 Å². The van der Waals surface area contributed by atoms with Gasteiger partial charge in [0.2, 0.25) is 5.13 Å². The van der Waals surface area contributed by atoms with Gasteiger partial charge in [-0.3, -0.25) is 4.98 Å². The Labute approximate surface area is 213 Å². The van der Waals surface area contributed by atoms with E-state index in [0.717, 1.165) is 64.2 Å². The zero-order valence-electron chi connectivity index (χ0n) is 20.5. The number of rotatable bonds is 5. The SMILES string of the molecule is CC(C)Nc1cc(-c2ccc3cc(C#N)cnn23)ncc1-c1nnc(N2C[C@H]3CC[C@@H](C2)C3(C)O)s1. The van der Waals surface area contributed by atoms with Gasteiger partial charge in [-0.1, -0.05) is 11.3 Å². The fourth-order valence-corrected chi connectivity index (χ4v) is 6.42. The van der Waals surface area contributed by atoms with E-state index in [0.29, 0.717) is 5.56 Å². The molecule has 2 fully saturated rings. The molecule has 2 bridgehead atoms. The molecule has 5 heterocycles. The summed E-state index contributed by atoms with van der Waals surface area (Å²) in [6.45, 7) is 7.81. The van der Waals surface area contributed by atoms with Crippen molar-refractivity contribution in [1.82, 2.24) is 24.8 Å². The fourth-order valence-electron chi connectivity index (χ4n) is 5.54. The Bertz CT molecular complexity index is 1470. The van der Waals surface area contributed by atoms with Crippen LogP contribution in [0.2, 0.25) is 0 Å². The third kappa shape index (κ3) is 3.79. The van der Waals surface area contributed by atoms with Crippen LogP contribution >= 0.6 is 11.3 Å². The second-order valence-corrected chi connectivity index (χ2v) is 11.3. The molecule has 3 atom stereocenters. The summed E-state index contributed by atoms with van der Waals surface area (Å²) in [5, 5.41) is 38.8. The van der Waals surface area contributed by atoms with Crippen molar-refractivity contribution in [1.29, 1.82) is 5.26 Å². The van der Waals surface area contributed by atoms with Gasteiger partial charge in [0.05, 0.1) is 39.8 Å². The molecule has 1 unspecified atom stereocenters. The van der Waals surface area contributed by atoms with Crippen LogP contribution < -0.4 is 10.2 Å². The van der Waals surface area contributed by atoms with Crippen molar-refractivity contribution in [2.45, 2.75) is 45.3 Å². The van der Waals surface area contributed by atoms with Crippen LogP contribution in [0.15, 0.2) is 36.7 Å². The van der Waals surface area contributed by atoms with E-state index < -0.39 is 5.60 Å². The quantitative estimate of drug-likeness (QED) is 0.419. The highest BCUT2D eigenvalue weighted by molar-refractivity contribution is 7.18. The van der Waals surface area contributed by atoms with Crippen molar-refractivity contribution in [2.24, 2.45) is 11.8 Å². The maximum atomic E-state index is 10.8. The average Bonchev–Trinajstić information content (AvgIpc) is 3.52. The number of hydrogen-bond donors (Lipinski definition) is 2. The largest absolute Gasteiger partial charge is 0.389 e. The van der Waals surface area contributed by atoms with Crippen LogP contribution in [0, 0.1) is 23.2 Å². The van der Waals surface area contributed by atoms with Gasteiger partial charge in [-0.15, -0.1) is 10.2 Å². The van der Waals surface area contributed by atoms with Crippen molar-refractivity contribution in [3.63, 3.8) is 0 Å². The van der Waals surface area contributed by atoms with Crippen molar-refractivity contribution >= 4 is 27.7 Å². The highest BCUT2D eigenvalue weighted by Gasteiger charge is 2.50. The number of hydrogen-bond acceptors (Lipinski definition) is 9. The molecule has 9 nitrogen and oxygen atoms in total. The molecule has 1 aliphatic heterocycles. The summed E-state index contributed by atoms with van der Waals surface area (Å²) >= 11 is 1.57. The summed E-state index contributed by atoms with van der Waals surface area (Å²) in [5.41, 5.74) is 4.25. The summed E-state index contributed by atoms with van der Waals surface area (Å²) in [5.74, 6) is 0.551. The van der Waals surface area contributed by atoms with Crippen LogP contribution in [0.1, 0.15) is 39.2 Å². The van der Waals surface area contributed by atoms with E-state index in [1.165, 1.54) is 0 Å². The monoisotopic (exact) mass is 500 g/mol. The molecule has 2 N–H and O–H groups in total. The number of nitrogens with zero attached hydrogens (tertiary/aromatic N) is 7. The van der Waals surface area contributed by atoms with E-state index in [1.807, 2.05) is 37.4 Å². The zero-order chi connectivity index (χ0) is 25.0. The first-order chi connectivity index (χ1) is 17.3. The van der Waals surface area contributed by atoms with Crippen molar-refractivity contribution in [3.8, 4) is 28.0 Å². The molecule has 36 heavy (non-hydrogen) atoms. The number of piperidine rings is 1. The lowest BCUT2D eigenvalue weighted by atomic mass is 9.82. The molecule has 4 aromatic rings. The first kappa shape index (κ1) is 22.9. The lowest BCUT2D eigenvalue weighted by Gasteiger charge is -2.42. The number of aromatic nitrogens is 5. The summed E-state index contributed by atoms with van der Waals surface area (Å²) in [7, 11) is 0. The Morgan fingerprint density at radius 3 is 2.67 bits per heavy atom. The second kappa shape index (κ2) is 8.54. The third-order valence-electron chi connectivity index (χ3n) is 7.55. The number of aliphatic hydroxyl groups is 1. The van der Waals surface area contributed by atoms with Crippen LogP contribution in [0.4, 0.5) is 10.8 Å². The normalized spacial score (nSPS) is 23.4. The maximum absolute atomic E-state index is 10.8. The zero-order valence-corrected chi connectivity index (χ0v) is 21.3. The van der Waals surface area contributed by atoms with Crippen molar-refractivity contribution < 1.29 is 5.11 Å². The lowest BCUT2D eigenvalue weighted by molar-refractivity contribution is -0.0272. The van der Waals surface area contributed by atoms with Crippen molar-refractivity contribution in [2.75, 3.05) is 23.3 Å². The molecular formula is C26H28N8OS. The van der Waals surface area contributed by atoms with Crippen LogP contribution in [0.5, 0.6) is 0 Å². The van der Waals surface area contributed by atoms with Crippen LogP contribution in [-0.4, -0.2) is 54.6 Å². The lowest BCUT2D eigenvalue weighted by Crippen LogP contribution is -2.52. The average molecular weight is 501 g/mol. The minimum Gasteiger partial charge on any atom is -0.389 e. The predicted molar refractivity (Wildman–Crippen MR) is 140 cm³/mol. The maximum Gasteiger partial charge on any atom is 0.208 e. The van der Waals surface area contributed by atoms with Crippen LogP contribution in [-0.2, 0) is 0 Å². The Morgan fingerprint density at radius 1 is 1.17 bits per heavy atom. The number of nitriles is 1. The van der Waals surface area contributed by atoms with Gasteiger partial charge in [0.25, 0.3) is 0 Å². The minimum absolute atomic E-state index is 0.215. The Kier molecular flexibility index (Phi) is 5.43. The van der Waals surface area contributed by atoms with Gasteiger partial charge in [-0.05, 0) is 57.9 Å². The smallest absolute Gasteiger partial charge is 0.208 e. The molecule has 6 rings (SSSR count). The number of pyridine rings is 1. The molecule has 0 radical (unpaired) electrons. The highest BCUT2D eigenvalue weighted by Crippen LogP contribution is 2.46. The Morgan fingerprint density at radius 2 is 1.94 bits per heavy atom. The standard InChI is InChI=1S/C26H28N8OS/c1-15(2)30-21-9-22(23-7-6-19-8-16(10-27)11-29-34(19)23)28-12-20(21)24-31-32-25(36-24)33-13-17-4-5-18(14-33)26(17,3)35/h6-9,11-12,15,17-18,35H,4-5,13-14H2,1-3H3,(H,28,30)/t17-,18+,26?. The first-order valence-corrected chi connectivity index (χ1v) is 13.1. The summed E-state index contributed by atoms with van der Waals surface area (Å²) in [6.07, 6.45) is 5.54. The predicted octanol–water partition coefficient (Wildman–Crippen LogP) is 4.20. The molecule has 10 heteroatoms. The minimum atomic E-state index is -0.577. The van der Waals surface area contributed by atoms with E-state index in [-0.39, 0.29) is 17.9 Å². The molecule has 0 aromatic carbocycles. The van der Waals surface area contributed by atoms with E-state index in [2.05, 4.69) is 45.4 Å². The molecule has 1 saturated heterocycles. The topological polar surface area (TPSA) is 115 Å². The van der Waals surface area contributed by atoms with Gasteiger partial charge in [0.15, 0.2) is 5.01 Å².